The van der Waals surface area contributed by atoms with Crippen LogP contribution in [-0.2, 0) is 33.4 Å². The standard InChI is InChI=1S/C25H44O7/c1-16(13-18(26)17(2)32-23(6,7)8)21(29)24(9,10)25(11,12)31-15-20(28)30-14-19(27)22(3,4)5/h16-17H,13-15H2,1-12H3. The third-order valence-electron chi connectivity index (χ3n) is 5.81. The fraction of sp³-hybridized carbons (Fsp3) is 0.840. The second-order valence-corrected chi connectivity index (χ2v) is 11.6. The molecule has 0 aromatic rings. The Balaban J connectivity index is 4.98. The molecular formula is C25H44O7. The van der Waals surface area contributed by atoms with Crippen molar-refractivity contribution in [1.29, 1.82) is 0 Å². The van der Waals surface area contributed by atoms with Gasteiger partial charge in [0.25, 0.3) is 0 Å². The number of carbonyl (C=O) groups is 4. The van der Waals surface area contributed by atoms with Gasteiger partial charge in [-0.15, -0.1) is 0 Å². The van der Waals surface area contributed by atoms with Gasteiger partial charge in [-0.3, -0.25) is 14.4 Å². The van der Waals surface area contributed by atoms with Crippen LogP contribution in [0.1, 0.15) is 89.5 Å². The van der Waals surface area contributed by atoms with Gasteiger partial charge in [0.15, 0.2) is 18.2 Å². The molecule has 2 atom stereocenters. The summed E-state index contributed by atoms with van der Waals surface area (Å²) < 4.78 is 16.5. The highest BCUT2D eigenvalue weighted by atomic mass is 16.6. The molecule has 0 bridgehead atoms. The highest BCUT2D eigenvalue weighted by molar-refractivity contribution is 5.93. The minimum absolute atomic E-state index is 0.0621. The summed E-state index contributed by atoms with van der Waals surface area (Å²) in [6.07, 6.45) is -0.546. The second kappa shape index (κ2) is 11.0. The summed E-state index contributed by atoms with van der Waals surface area (Å²) in [5, 5.41) is 0. The zero-order valence-electron chi connectivity index (χ0n) is 22.1. The largest absolute Gasteiger partial charge is 0.456 e. The van der Waals surface area contributed by atoms with Crippen molar-refractivity contribution in [2.45, 2.75) is 107 Å². The van der Waals surface area contributed by atoms with Gasteiger partial charge in [-0.05, 0) is 41.5 Å². The van der Waals surface area contributed by atoms with Gasteiger partial charge in [-0.2, -0.15) is 0 Å². The summed E-state index contributed by atoms with van der Waals surface area (Å²) in [6, 6.07) is 0. The SMILES string of the molecule is CC(CC(=O)C(C)OC(C)(C)C)C(=O)C(C)(C)C(C)(C)OCC(=O)OCC(=O)C(C)(C)C. The zero-order chi connectivity index (χ0) is 25.7. The number of carbonyl (C=O) groups excluding carboxylic acids is 4. The van der Waals surface area contributed by atoms with Crippen molar-refractivity contribution < 1.29 is 33.4 Å². The van der Waals surface area contributed by atoms with Gasteiger partial charge in [-0.1, -0.05) is 41.5 Å². The molecule has 7 heteroatoms. The van der Waals surface area contributed by atoms with Gasteiger partial charge < -0.3 is 14.2 Å². The fourth-order valence-corrected chi connectivity index (χ4v) is 2.89. The van der Waals surface area contributed by atoms with Crippen LogP contribution in [0, 0.1) is 16.7 Å². The highest BCUT2D eigenvalue weighted by Crippen LogP contribution is 2.37. The molecule has 186 valence electrons. The van der Waals surface area contributed by atoms with E-state index in [4.69, 9.17) is 14.2 Å². The van der Waals surface area contributed by atoms with E-state index in [1.165, 1.54) is 0 Å². The van der Waals surface area contributed by atoms with Gasteiger partial charge in [0.05, 0.1) is 16.6 Å². The number of hydrogen-bond acceptors (Lipinski definition) is 7. The first kappa shape index (κ1) is 30.4. The van der Waals surface area contributed by atoms with Crippen molar-refractivity contribution in [3.05, 3.63) is 0 Å². The summed E-state index contributed by atoms with van der Waals surface area (Å²) in [5.41, 5.74) is -3.05. The maximum Gasteiger partial charge on any atom is 0.332 e. The quantitative estimate of drug-likeness (QED) is 0.403. The molecule has 0 aliphatic carbocycles. The Morgan fingerprint density at radius 3 is 1.72 bits per heavy atom. The molecule has 2 unspecified atom stereocenters. The highest BCUT2D eigenvalue weighted by Gasteiger charge is 2.46. The Bertz CT molecular complexity index is 690. The van der Waals surface area contributed by atoms with Crippen molar-refractivity contribution in [3.63, 3.8) is 0 Å². The molecule has 0 spiro atoms. The van der Waals surface area contributed by atoms with E-state index in [0.29, 0.717) is 0 Å². The molecule has 0 fully saturated rings. The van der Waals surface area contributed by atoms with E-state index in [2.05, 4.69) is 0 Å². The summed E-state index contributed by atoms with van der Waals surface area (Å²) in [5.74, 6) is -1.68. The Hall–Kier alpha value is -1.60. The lowest BCUT2D eigenvalue weighted by atomic mass is 9.69. The average molecular weight is 457 g/mol. The average Bonchev–Trinajstić information content (AvgIpc) is 2.61. The number of Topliss-reactive ketones (excluding diaryl/α,β-unsaturated/α-hetero) is 3. The van der Waals surface area contributed by atoms with Crippen LogP contribution in [0.15, 0.2) is 0 Å². The van der Waals surface area contributed by atoms with E-state index < -0.39 is 40.0 Å². The Morgan fingerprint density at radius 2 is 1.28 bits per heavy atom. The van der Waals surface area contributed by atoms with Crippen LogP contribution in [0.3, 0.4) is 0 Å². The van der Waals surface area contributed by atoms with E-state index in [1.54, 1.807) is 62.3 Å². The van der Waals surface area contributed by atoms with Gasteiger partial charge in [-0.25, -0.2) is 4.79 Å². The topological polar surface area (TPSA) is 96.0 Å². The molecule has 0 heterocycles. The van der Waals surface area contributed by atoms with Crippen molar-refractivity contribution in [2.24, 2.45) is 16.7 Å². The second-order valence-electron chi connectivity index (χ2n) is 11.6. The predicted octanol–water partition coefficient (Wildman–Crippen LogP) is 4.33. The molecule has 32 heavy (non-hydrogen) atoms. The Labute approximate surface area is 193 Å². The fourth-order valence-electron chi connectivity index (χ4n) is 2.89. The van der Waals surface area contributed by atoms with E-state index in [1.807, 2.05) is 20.8 Å². The first-order chi connectivity index (χ1) is 14.1. The Morgan fingerprint density at radius 1 is 0.781 bits per heavy atom. The summed E-state index contributed by atoms with van der Waals surface area (Å²) in [6.45, 7) is 20.5. The van der Waals surface area contributed by atoms with Gasteiger partial charge >= 0.3 is 5.97 Å². The molecular weight excluding hydrogens is 412 g/mol. The molecule has 0 aliphatic heterocycles. The Kier molecular flexibility index (Phi) is 10.5. The normalized spacial score (nSPS) is 15.1. The monoisotopic (exact) mass is 456 g/mol. The van der Waals surface area contributed by atoms with E-state index in [0.717, 1.165) is 0 Å². The van der Waals surface area contributed by atoms with Crippen molar-refractivity contribution in [1.82, 2.24) is 0 Å². The molecule has 0 rings (SSSR count). The summed E-state index contributed by atoms with van der Waals surface area (Å²) >= 11 is 0. The van der Waals surface area contributed by atoms with Crippen molar-refractivity contribution >= 4 is 23.3 Å². The molecule has 0 saturated carbocycles. The molecule has 7 nitrogen and oxygen atoms in total. The number of ketones is 3. The maximum atomic E-state index is 13.2. The number of esters is 1. The molecule has 0 radical (unpaired) electrons. The van der Waals surface area contributed by atoms with E-state index in [-0.39, 0.29) is 37.0 Å². The summed E-state index contributed by atoms with van der Waals surface area (Å²) in [4.78, 5) is 49.7. The minimum Gasteiger partial charge on any atom is -0.456 e. The number of ether oxygens (including phenoxy) is 3. The third-order valence-corrected chi connectivity index (χ3v) is 5.81. The third kappa shape index (κ3) is 9.49. The van der Waals surface area contributed by atoms with Crippen LogP contribution < -0.4 is 0 Å². The molecule has 0 aromatic heterocycles. The van der Waals surface area contributed by atoms with E-state index >= 15 is 0 Å². The first-order valence-corrected chi connectivity index (χ1v) is 11.2. The predicted molar refractivity (Wildman–Crippen MR) is 123 cm³/mol. The van der Waals surface area contributed by atoms with Crippen molar-refractivity contribution in [3.8, 4) is 0 Å². The smallest absolute Gasteiger partial charge is 0.332 e. The van der Waals surface area contributed by atoms with Crippen LogP contribution in [0.2, 0.25) is 0 Å². The number of rotatable bonds is 12. The minimum atomic E-state index is -1.01. The van der Waals surface area contributed by atoms with Crippen molar-refractivity contribution in [2.75, 3.05) is 13.2 Å². The molecule has 0 aromatic carbocycles. The summed E-state index contributed by atoms with van der Waals surface area (Å²) in [7, 11) is 0. The van der Waals surface area contributed by atoms with Gasteiger partial charge in [0.1, 0.15) is 18.5 Å². The molecule has 0 amide bonds. The zero-order valence-corrected chi connectivity index (χ0v) is 22.1. The van der Waals surface area contributed by atoms with Crippen LogP contribution >= 0.6 is 0 Å². The lowest BCUT2D eigenvalue weighted by Crippen LogP contribution is -2.50. The van der Waals surface area contributed by atoms with E-state index in [9.17, 15) is 19.2 Å². The first-order valence-electron chi connectivity index (χ1n) is 11.2. The van der Waals surface area contributed by atoms with Gasteiger partial charge in [0.2, 0.25) is 0 Å². The lowest BCUT2D eigenvalue weighted by Gasteiger charge is -2.41. The molecule has 0 aliphatic rings. The van der Waals surface area contributed by atoms with Crippen LogP contribution in [0.4, 0.5) is 0 Å². The maximum absolute atomic E-state index is 13.2. The molecule has 0 saturated heterocycles. The van der Waals surface area contributed by atoms with Crippen LogP contribution in [-0.4, -0.2) is 53.8 Å². The lowest BCUT2D eigenvalue weighted by molar-refractivity contribution is -0.170. The number of hydrogen-bond donors (Lipinski definition) is 0. The van der Waals surface area contributed by atoms with Gasteiger partial charge in [0, 0.05) is 17.8 Å². The van der Waals surface area contributed by atoms with Crippen LogP contribution in [0.5, 0.6) is 0 Å². The van der Waals surface area contributed by atoms with Crippen LogP contribution in [0.25, 0.3) is 0 Å². The molecule has 0 N–H and O–H groups in total.